The second kappa shape index (κ2) is 12.6. The van der Waals surface area contributed by atoms with Gasteiger partial charge >= 0.3 is 0 Å². The van der Waals surface area contributed by atoms with Gasteiger partial charge in [-0.15, -0.1) is 22.7 Å². The van der Waals surface area contributed by atoms with Crippen molar-refractivity contribution < 1.29 is 0 Å². The van der Waals surface area contributed by atoms with Gasteiger partial charge in [0.1, 0.15) is 12.3 Å². The number of hydrogen-bond acceptors (Lipinski definition) is 12. The van der Waals surface area contributed by atoms with Crippen molar-refractivity contribution in [3.8, 4) is 0 Å². The van der Waals surface area contributed by atoms with E-state index in [1.165, 1.54) is 20.9 Å². The highest BCUT2D eigenvalue weighted by molar-refractivity contribution is 7.10. The molecule has 0 saturated carbocycles. The molecule has 0 bridgehead atoms. The van der Waals surface area contributed by atoms with Gasteiger partial charge in [0.15, 0.2) is 5.96 Å². The van der Waals surface area contributed by atoms with Crippen LogP contribution in [-0.2, 0) is 12.8 Å². The van der Waals surface area contributed by atoms with Crippen LogP contribution in [0.25, 0.3) is 0 Å². The third-order valence-electron chi connectivity index (χ3n) is 6.68. The van der Waals surface area contributed by atoms with Crippen LogP contribution in [0, 0.1) is 13.8 Å². The third-order valence-corrected chi connectivity index (χ3v) is 8.46. The van der Waals surface area contributed by atoms with Crippen LogP contribution in [0.2, 0.25) is 0 Å². The number of nitrogens with two attached hydrogens (primary N) is 1. The predicted octanol–water partition coefficient (Wildman–Crippen LogP) is 2.66. The maximum Gasteiger partial charge on any atom is 0.202 e. The molecular weight excluding hydrogens is 516 g/mol. The smallest absolute Gasteiger partial charge is 0.202 e. The zero-order valence-electron chi connectivity index (χ0n) is 23.2. The summed E-state index contributed by atoms with van der Waals surface area (Å²) in [7, 11) is 6.02. The number of rotatable bonds is 9. The fourth-order valence-corrected chi connectivity index (χ4v) is 5.87. The molecule has 2 aliphatic rings. The van der Waals surface area contributed by atoms with E-state index in [9.17, 15) is 0 Å². The number of guanidine groups is 4. The van der Waals surface area contributed by atoms with Gasteiger partial charge in [-0.05, 0) is 67.6 Å². The second-order valence-corrected chi connectivity index (χ2v) is 12.1. The van der Waals surface area contributed by atoms with Crippen molar-refractivity contribution in [2.75, 3.05) is 40.8 Å². The molecule has 4 N–H and O–H groups in total. The zero-order valence-corrected chi connectivity index (χ0v) is 24.9. The Bertz CT molecular complexity index is 1210. The molecule has 2 unspecified atom stereocenters. The van der Waals surface area contributed by atoms with Crippen LogP contribution in [0.4, 0.5) is 0 Å². The van der Waals surface area contributed by atoms with E-state index in [2.05, 4.69) is 67.2 Å². The summed E-state index contributed by atoms with van der Waals surface area (Å²) in [5.41, 5.74) is 8.94. The molecule has 2 aliphatic heterocycles. The van der Waals surface area contributed by atoms with Crippen LogP contribution in [0.15, 0.2) is 42.9 Å². The van der Waals surface area contributed by atoms with E-state index in [4.69, 9.17) is 15.7 Å². The molecule has 2 atom stereocenters. The Hall–Kier alpha value is -3.12. The number of nitrogens with one attached hydrogen (secondary N) is 2. The maximum absolute atomic E-state index is 6.19. The van der Waals surface area contributed by atoms with Crippen molar-refractivity contribution in [1.82, 2.24) is 25.3 Å². The molecule has 0 fully saturated rings. The summed E-state index contributed by atoms with van der Waals surface area (Å²) in [6.07, 6.45) is 2.21. The van der Waals surface area contributed by atoms with E-state index >= 15 is 0 Å². The van der Waals surface area contributed by atoms with E-state index in [1.54, 1.807) is 22.7 Å². The summed E-state index contributed by atoms with van der Waals surface area (Å²) in [5.74, 6) is 2.82. The lowest BCUT2D eigenvalue weighted by molar-refractivity contribution is 0.379. The molecule has 38 heavy (non-hydrogen) atoms. The van der Waals surface area contributed by atoms with Gasteiger partial charge in [0.2, 0.25) is 17.9 Å². The Labute approximate surface area is 234 Å². The largest absolute Gasteiger partial charge is 0.370 e. The van der Waals surface area contributed by atoms with Crippen molar-refractivity contribution in [3.05, 3.63) is 43.8 Å². The SMILES string of the molecule is Cc1sccc1CCN(C)C1=NC(CCN(CCc2ccsc2C)C2=NC(C)N=C(N(C)C)N2)N=C(N)N1. The van der Waals surface area contributed by atoms with E-state index in [0.717, 1.165) is 56.8 Å². The summed E-state index contributed by atoms with van der Waals surface area (Å²) in [4.78, 5) is 28.0. The van der Waals surface area contributed by atoms with Crippen molar-refractivity contribution in [3.63, 3.8) is 0 Å². The quantitative estimate of drug-likeness (QED) is 0.438. The van der Waals surface area contributed by atoms with Crippen LogP contribution in [0.3, 0.4) is 0 Å². The minimum absolute atomic E-state index is 0.147. The normalized spacial score (nSPS) is 19.0. The molecule has 0 amide bonds. The van der Waals surface area contributed by atoms with Gasteiger partial charge in [-0.25, -0.2) is 20.0 Å². The lowest BCUT2D eigenvalue weighted by Gasteiger charge is -2.32. The average molecular weight is 557 g/mol. The highest BCUT2D eigenvalue weighted by Gasteiger charge is 2.23. The van der Waals surface area contributed by atoms with E-state index in [-0.39, 0.29) is 12.3 Å². The molecule has 2 aromatic rings. The molecule has 10 nitrogen and oxygen atoms in total. The first kappa shape index (κ1) is 27.9. The topological polar surface area (TPSA) is 109 Å². The fraction of sp³-hybridized carbons (Fsp3) is 0.538. The van der Waals surface area contributed by atoms with E-state index in [0.29, 0.717) is 5.96 Å². The number of hydrogen-bond donors (Lipinski definition) is 3. The number of thiophene rings is 2. The first-order valence-electron chi connectivity index (χ1n) is 13.0. The Morgan fingerprint density at radius 2 is 1.45 bits per heavy atom. The molecule has 0 aliphatic carbocycles. The molecule has 206 valence electrons. The summed E-state index contributed by atoms with van der Waals surface area (Å²) < 4.78 is 0. The highest BCUT2D eigenvalue weighted by Crippen LogP contribution is 2.18. The van der Waals surface area contributed by atoms with Crippen LogP contribution in [-0.4, -0.2) is 91.6 Å². The first-order chi connectivity index (χ1) is 18.2. The standard InChI is InChI=1S/C26H40N10S2/c1-17-20(10-15-37-17)7-12-35(6)25-31-22(30-23(27)32-25)9-14-36(13-8-21-11-16-38-18(21)2)26-29-19(3)28-24(33-26)34(4)5/h10-11,15-16,19,22H,7-9,12-14H2,1-6H3,(H,28,29,33)(H3,27,30,31,32). The van der Waals surface area contributed by atoms with Crippen LogP contribution in [0.1, 0.15) is 34.2 Å². The van der Waals surface area contributed by atoms with Gasteiger partial charge in [-0.2, -0.15) is 0 Å². The zero-order chi connectivity index (χ0) is 27.2. The molecule has 0 aromatic carbocycles. The molecule has 4 heterocycles. The Balaban J connectivity index is 1.43. The predicted molar refractivity (Wildman–Crippen MR) is 161 cm³/mol. The fourth-order valence-electron chi connectivity index (χ4n) is 4.35. The highest BCUT2D eigenvalue weighted by atomic mass is 32.1. The summed E-state index contributed by atoms with van der Waals surface area (Å²) in [6.45, 7) is 8.77. The number of nitrogens with zero attached hydrogens (tertiary/aromatic N) is 7. The number of likely N-dealkylation sites (N-methyl/N-ethyl adjacent to an activating group) is 1. The molecule has 4 rings (SSSR count). The minimum Gasteiger partial charge on any atom is -0.370 e. The summed E-state index contributed by atoms with van der Waals surface area (Å²) in [5, 5.41) is 10.9. The monoisotopic (exact) mass is 556 g/mol. The average Bonchev–Trinajstić information content (AvgIpc) is 3.48. The Morgan fingerprint density at radius 1 is 0.816 bits per heavy atom. The van der Waals surface area contributed by atoms with Gasteiger partial charge in [-0.3, -0.25) is 10.6 Å². The van der Waals surface area contributed by atoms with Crippen molar-refractivity contribution >= 4 is 46.5 Å². The molecule has 2 aromatic heterocycles. The lowest BCUT2D eigenvalue weighted by atomic mass is 10.2. The van der Waals surface area contributed by atoms with Gasteiger partial charge < -0.3 is 20.4 Å². The molecule has 0 saturated heterocycles. The van der Waals surface area contributed by atoms with Gasteiger partial charge in [0.05, 0.1) is 0 Å². The summed E-state index contributed by atoms with van der Waals surface area (Å²) in [6, 6.07) is 4.41. The van der Waals surface area contributed by atoms with Crippen molar-refractivity contribution in [1.29, 1.82) is 0 Å². The summed E-state index contributed by atoms with van der Waals surface area (Å²) >= 11 is 3.58. The van der Waals surface area contributed by atoms with Gasteiger partial charge in [0.25, 0.3) is 0 Å². The minimum atomic E-state index is -0.259. The van der Waals surface area contributed by atoms with E-state index < -0.39 is 0 Å². The Kier molecular flexibility index (Phi) is 9.26. The first-order valence-corrected chi connectivity index (χ1v) is 14.8. The molecular formula is C26H40N10S2. The van der Waals surface area contributed by atoms with E-state index in [1.807, 2.05) is 33.0 Å². The Morgan fingerprint density at radius 3 is 2.05 bits per heavy atom. The maximum atomic E-state index is 6.19. The van der Waals surface area contributed by atoms with Gasteiger partial charge in [0, 0.05) is 57.0 Å². The van der Waals surface area contributed by atoms with Crippen LogP contribution >= 0.6 is 22.7 Å². The molecule has 12 heteroatoms. The van der Waals surface area contributed by atoms with Crippen molar-refractivity contribution in [2.24, 2.45) is 25.7 Å². The second-order valence-electron chi connectivity index (χ2n) is 9.83. The van der Waals surface area contributed by atoms with Crippen LogP contribution in [0.5, 0.6) is 0 Å². The number of aryl methyl sites for hydroxylation is 2. The number of aliphatic imine (C=N–C) groups is 4. The van der Waals surface area contributed by atoms with Gasteiger partial charge in [-0.1, -0.05) is 0 Å². The molecule has 0 radical (unpaired) electrons. The molecule has 0 spiro atoms. The third kappa shape index (κ3) is 7.25. The van der Waals surface area contributed by atoms with Crippen LogP contribution < -0.4 is 16.4 Å². The lowest BCUT2D eigenvalue weighted by Crippen LogP contribution is -2.52. The van der Waals surface area contributed by atoms with Crippen molar-refractivity contribution in [2.45, 2.75) is 52.4 Å².